The van der Waals surface area contributed by atoms with Gasteiger partial charge in [-0.1, -0.05) is 19.1 Å². The summed E-state index contributed by atoms with van der Waals surface area (Å²) in [4.78, 5) is 24.6. The second-order valence-corrected chi connectivity index (χ2v) is 7.26. The summed E-state index contributed by atoms with van der Waals surface area (Å²) in [6.45, 7) is 6.09. The van der Waals surface area contributed by atoms with E-state index in [0.29, 0.717) is 22.7 Å². The van der Waals surface area contributed by atoms with E-state index in [4.69, 9.17) is 5.73 Å². The zero-order valence-corrected chi connectivity index (χ0v) is 16.2. The fraction of sp³-hybridized carbons (Fsp3) is 0.333. The summed E-state index contributed by atoms with van der Waals surface area (Å²) in [5, 5.41) is 7.91. The molecule has 0 saturated heterocycles. The van der Waals surface area contributed by atoms with Crippen molar-refractivity contribution in [3.8, 4) is 0 Å². The lowest BCUT2D eigenvalue weighted by Crippen LogP contribution is -2.45. The Morgan fingerprint density at radius 3 is 2.32 bits per heavy atom. The maximum absolute atomic E-state index is 12.3. The molecule has 0 fully saturated rings. The van der Waals surface area contributed by atoms with Crippen LogP contribution in [-0.4, -0.2) is 23.9 Å². The van der Waals surface area contributed by atoms with Gasteiger partial charge in [-0.2, -0.15) is 0 Å². The van der Waals surface area contributed by atoms with E-state index in [2.05, 4.69) is 17.6 Å². The monoisotopic (exact) mass is 381 g/mol. The first-order chi connectivity index (χ1) is 11.3. The molecule has 1 heterocycles. The van der Waals surface area contributed by atoms with Crippen molar-refractivity contribution < 1.29 is 9.59 Å². The summed E-state index contributed by atoms with van der Waals surface area (Å²) >= 11 is 1.32. The van der Waals surface area contributed by atoms with Gasteiger partial charge in [0.25, 0.3) is 11.8 Å². The number of benzene rings is 1. The van der Waals surface area contributed by atoms with Crippen LogP contribution in [0.3, 0.4) is 0 Å². The molecule has 7 heteroatoms. The zero-order valence-electron chi connectivity index (χ0n) is 14.6. The number of nitrogens with one attached hydrogen (secondary N) is 2. The highest BCUT2D eigenvalue weighted by Crippen LogP contribution is 2.24. The summed E-state index contributed by atoms with van der Waals surface area (Å²) in [6.07, 6.45) is 0.925. The van der Waals surface area contributed by atoms with E-state index in [1.54, 1.807) is 23.6 Å². The molecular formula is C18H24ClN3O2S. The molecule has 2 amide bonds. The van der Waals surface area contributed by atoms with Gasteiger partial charge in [0.1, 0.15) is 5.00 Å². The van der Waals surface area contributed by atoms with Crippen LogP contribution in [0.4, 0.5) is 5.00 Å². The lowest BCUT2D eigenvalue weighted by Gasteiger charge is -2.19. The third-order valence-corrected chi connectivity index (χ3v) is 4.30. The molecule has 0 radical (unpaired) electrons. The number of carbonyl (C=O) groups is 2. The van der Waals surface area contributed by atoms with Gasteiger partial charge in [-0.15, -0.1) is 23.7 Å². The molecule has 0 aliphatic carbocycles. The van der Waals surface area contributed by atoms with E-state index in [0.717, 1.165) is 6.42 Å². The third-order valence-electron chi connectivity index (χ3n) is 3.47. The van der Waals surface area contributed by atoms with E-state index in [9.17, 15) is 9.59 Å². The number of hydrogen-bond donors (Lipinski definition) is 3. The molecule has 25 heavy (non-hydrogen) atoms. The molecule has 0 bridgehead atoms. The normalized spacial score (nSPS) is 10.7. The van der Waals surface area contributed by atoms with E-state index in [1.807, 2.05) is 26.0 Å². The van der Waals surface area contributed by atoms with E-state index >= 15 is 0 Å². The molecule has 0 aliphatic rings. The lowest BCUT2D eigenvalue weighted by atomic mass is 10.1. The number of halogens is 1. The van der Waals surface area contributed by atoms with Gasteiger partial charge in [-0.3, -0.25) is 9.59 Å². The number of nitrogens with two attached hydrogens (primary N) is 1. The molecule has 0 saturated carbocycles. The largest absolute Gasteiger partial charge is 0.350 e. The second kappa shape index (κ2) is 8.99. The van der Waals surface area contributed by atoms with Gasteiger partial charge in [-0.05, 0) is 49.4 Å². The van der Waals surface area contributed by atoms with Crippen molar-refractivity contribution in [2.75, 3.05) is 11.9 Å². The average molecular weight is 382 g/mol. The first-order valence-electron chi connectivity index (χ1n) is 7.85. The molecular weight excluding hydrogens is 358 g/mol. The predicted octanol–water partition coefficient (Wildman–Crippen LogP) is 3.45. The predicted molar refractivity (Wildman–Crippen MR) is 106 cm³/mol. The van der Waals surface area contributed by atoms with Crippen molar-refractivity contribution in [3.63, 3.8) is 0 Å². The van der Waals surface area contributed by atoms with Crippen LogP contribution in [0.5, 0.6) is 0 Å². The summed E-state index contributed by atoms with van der Waals surface area (Å²) in [7, 11) is 0. The highest BCUT2D eigenvalue weighted by Gasteiger charge is 2.18. The van der Waals surface area contributed by atoms with Gasteiger partial charge < -0.3 is 16.4 Å². The van der Waals surface area contributed by atoms with Gasteiger partial charge >= 0.3 is 0 Å². The minimum absolute atomic E-state index is 0. The Morgan fingerprint density at radius 2 is 1.76 bits per heavy atom. The Hall–Kier alpha value is -1.89. The van der Waals surface area contributed by atoms with Crippen LogP contribution in [0.2, 0.25) is 0 Å². The quantitative estimate of drug-likeness (QED) is 0.716. The first-order valence-corrected chi connectivity index (χ1v) is 8.73. The van der Waals surface area contributed by atoms with Crippen molar-refractivity contribution in [1.29, 1.82) is 0 Å². The molecule has 1 aromatic heterocycles. The maximum Gasteiger partial charge on any atom is 0.256 e. The van der Waals surface area contributed by atoms with Crippen LogP contribution in [0.1, 0.15) is 47.1 Å². The number of anilines is 1. The van der Waals surface area contributed by atoms with Crippen molar-refractivity contribution in [1.82, 2.24) is 5.32 Å². The highest BCUT2D eigenvalue weighted by atomic mass is 35.5. The van der Waals surface area contributed by atoms with E-state index in [-0.39, 0.29) is 24.2 Å². The van der Waals surface area contributed by atoms with Crippen LogP contribution in [0.25, 0.3) is 0 Å². The maximum atomic E-state index is 12.3. The van der Waals surface area contributed by atoms with Crippen molar-refractivity contribution in [2.45, 2.75) is 32.7 Å². The summed E-state index contributed by atoms with van der Waals surface area (Å²) in [5.41, 5.74) is 7.57. The number of aryl methyl sites for hydroxylation is 1. The number of rotatable bonds is 6. The molecule has 136 valence electrons. The number of carbonyl (C=O) groups excluding carboxylic acids is 2. The molecule has 0 atom stereocenters. The SMILES string of the molecule is CCc1ccc(C(=O)Nc2sccc2C(=O)NCC(C)(C)N)cc1.Cl. The molecule has 2 rings (SSSR count). The molecule has 5 nitrogen and oxygen atoms in total. The van der Waals surface area contributed by atoms with Gasteiger partial charge in [0.15, 0.2) is 0 Å². The summed E-state index contributed by atoms with van der Waals surface area (Å²) < 4.78 is 0. The van der Waals surface area contributed by atoms with E-state index in [1.165, 1.54) is 16.9 Å². The van der Waals surface area contributed by atoms with Crippen LogP contribution >= 0.6 is 23.7 Å². The molecule has 0 unspecified atom stereocenters. The molecule has 0 spiro atoms. The number of amides is 2. The highest BCUT2D eigenvalue weighted by molar-refractivity contribution is 7.14. The Bertz CT molecular complexity index is 721. The second-order valence-electron chi connectivity index (χ2n) is 6.34. The fourth-order valence-corrected chi connectivity index (χ4v) is 2.83. The zero-order chi connectivity index (χ0) is 17.7. The Morgan fingerprint density at radius 1 is 1.12 bits per heavy atom. The van der Waals surface area contributed by atoms with Crippen LogP contribution in [0, 0.1) is 0 Å². The van der Waals surface area contributed by atoms with Crippen LogP contribution in [0.15, 0.2) is 35.7 Å². The van der Waals surface area contributed by atoms with E-state index < -0.39 is 5.54 Å². The van der Waals surface area contributed by atoms with Crippen LogP contribution in [-0.2, 0) is 6.42 Å². The Balaban J connectivity index is 0.00000312. The van der Waals surface area contributed by atoms with Crippen molar-refractivity contribution in [2.24, 2.45) is 5.73 Å². The lowest BCUT2D eigenvalue weighted by molar-refractivity contribution is 0.0947. The van der Waals surface area contributed by atoms with Gasteiger partial charge in [0.05, 0.1) is 5.56 Å². The summed E-state index contributed by atoms with van der Waals surface area (Å²) in [5.74, 6) is -0.472. The van der Waals surface area contributed by atoms with Crippen LogP contribution < -0.4 is 16.4 Å². The van der Waals surface area contributed by atoms with Gasteiger partial charge in [-0.25, -0.2) is 0 Å². The first kappa shape index (κ1) is 21.2. The molecule has 2 aromatic rings. The van der Waals surface area contributed by atoms with Crippen molar-refractivity contribution >= 4 is 40.6 Å². The fourth-order valence-electron chi connectivity index (χ4n) is 2.06. The number of hydrogen-bond acceptors (Lipinski definition) is 4. The molecule has 4 N–H and O–H groups in total. The molecule has 1 aromatic carbocycles. The van der Waals surface area contributed by atoms with Gasteiger partial charge in [0, 0.05) is 17.6 Å². The third kappa shape index (κ3) is 6.16. The topological polar surface area (TPSA) is 84.2 Å². The standard InChI is InChI=1S/C18H23N3O2S.ClH/c1-4-12-5-7-13(8-6-12)15(22)21-17-14(9-10-24-17)16(23)20-11-18(2,3)19;/h5-10H,4,11,19H2,1-3H3,(H,20,23)(H,21,22);1H. The molecule has 0 aliphatic heterocycles. The Kier molecular flexibility index (Phi) is 7.60. The summed E-state index contributed by atoms with van der Waals surface area (Å²) in [6, 6.07) is 9.14. The number of thiophene rings is 1. The Labute approximate surface area is 158 Å². The average Bonchev–Trinajstić information content (AvgIpc) is 3.00. The minimum atomic E-state index is -0.490. The smallest absolute Gasteiger partial charge is 0.256 e. The minimum Gasteiger partial charge on any atom is -0.350 e. The van der Waals surface area contributed by atoms with Crippen molar-refractivity contribution in [3.05, 3.63) is 52.4 Å². The van der Waals surface area contributed by atoms with Gasteiger partial charge in [0.2, 0.25) is 0 Å².